The average molecular weight is 416 g/mol. The molecule has 0 aliphatic heterocycles. The second-order valence-corrected chi connectivity index (χ2v) is 7.95. The van der Waals surface area contributed by atoms with Gasteiger partial charge in [-0.1, -0.05) is 23.7 Å². The van der Waals surface area contributed by atoms with E-state index in [1.54, 1.807) is 29.6 Å². The van der Waals surface area contributed by atoms with Crippen LogP contribution in [0.4, 0.5) is 5.69 Å². The molecule has 0 saturated carbocycles. The lowest BCUT2D eigenvalue weighted by atomic mass is 10.1. The maximum absolute atomic E-state index is 12.4. The summed E-state index contributed by atoms with van der Waals surface area (Å²) >= 11 is 7.25. The molecule has 0 bridgehead atoms. The number of nitrogens with zero attached hydrogens (tertiary/aromatic N) is 2. The average Bonchev–Trinajstić information content (AvgIpc) is 3.16. The summed E-state index contributed by atoms with van der Waals surface area (Å²) in [7, 11) is 4.11. The third-order valence-corrected chi connectivity index (χ3v) is 5.09. The molecule has 0 saturated heterocycles. The zero-order valence-electron chi connectivity index (χ0n) is 15.8. The lowest BCUT2D eigenvalue weighted by Crippen LogP contribution is -2.15. The largest absolute Gasteiger partial charge is 0.486 e. The molecule has 1 N–H and O–H groups in total. The van der Waals surface area contributed by atoms with Crippen molar-refractivity contribution in [1.82, 2.24) is 9.88 Å². The Morgan fingerprint density at radius 1 is 1.14 bits per heavy atom. The first-order valence-electron chi connectivity index (χ1n) is 8.87. The van der Waals surface area contributed by atoms with Crippen LogP contribution in [0.5, 0.6) is 5.75 Å². The minimum Gasteiger partial charge on any atom is -0.486 e. The summed E-state index contributed by atoms with van der Waals surface area (Å²) in [5.41, 5.74) is 2.38. The van der Waals surface area contributed by atoms with Gasteiger partial charge in [0.05, 0.1) is 0 Å². The van der Waals surface area contributed by atoms with Gasteiger partial charge in [0.2, 0.25) is 0 Å². The van der Waals surface area contributed by atoms with Crippen LogP contribution in [0.2, 0.25) is 5.02 Å². The van der Waals surface area contributed by atoms with Crippen molar-refractivity contribution in [2.75, 3.05) is 26.0 Å². The maximum atomic E-state index is 12.4. The minimum absolute atomic E-state index is 0.227. The first-order valence-corrected chi connectivity index (χ1v) is 10.1. The number of hydrogen-bond donors (Lipinski definition) is 1. The van der Waals surface area contributed by atoms with Gasteiger partial charge >= 0.3 is 0 Å². The third kappa shape index (κ3) is 6.05. The number of amides is 1. The molecule has 1 heterocycles. The van der Waals surface area contributed by atoms with Crippen molar-refractivity contribution in [3.63, 3.8) is 0 Å². The molecule has 3 rings (SSSR count). The summed E-state index contributed by atoms with van der Waals surface area (Å²) < 4.78 is 5.67. The van der Waals surface area contributed by atoms with E-state index in [1.165, 1.54) is 16.9 Å². The van der Waals surface area contributed by atoms with Crippen molar-refractivity contribution in [3.8, 4) is 5.75 Å². The van der Waals surface area contributed by atoms with Crippen LogP contribution in [0.15, 0.2) is 53.9 Å². The monoisotopic (exact) mass is 415 g/mol. The third-order valence-electron chi connectivity index (χ3n) is 4.02. The Labute approximate surface area is 173 Å². The van der Waals surface area contributed by atoms with Gasteiger partial charge in [-0.25, -0.2) is 4.98 Å². The normalized spacial score (nSPS) is 10.9. The summed E-state index contributed by atoms with van der Waals surface area (Å²) in [5.74, 6) is 0.481. The minimum atomic E-state index is -0.227. The van der Waals surface area contributed by atoms with Crippen LogP contribution in [-0.2, 0) is 13.0 Å². The van der Waals surface area contributed by atoms with E-state index in [9.17, 15) is 4.79 Å². The number of carbonyl (C=O) groups is 1. The van der Waals surface area contributed by atoms with Crippen LogP contribution in [0.3, 0.4) is 0 Å². The molecule has 146 valence electrons. The highest BCUT2D eigenvalue weighted by Gasteiger charge is 2.11. The van der Waals surface area contributed by atoms with E-state index in [4.69, 9.17) is 16.3 Å². The highest BCUT2D eigenvalue weighted by atomic mass is 35.5. The molecule has 0 atom stereocenters. The molecule has 7 heteroatoms. The van der Waals surface area contributed by atoms with Crippen LogP contribution >= 0.6 is 22.9 Å². The standard InChI is InChI=1S/C21H22ClN3O2S/c1-25(2)12-11-15-3-7-17(8-4-15)23-21(26)19-14-28-20(24-19)13-27-18-9-5-16(22)6-10-18/h3-10,14H,11-13H2,1-2H3,(H,23,26). The van der Waals surface area contributed by atoms with E-state index in [1.807, 2.05) is 24.3 Å². The fraction of sp³-hybridized carbons (Fsp3) is 0.238. The maximum Gasteiger partial charge on any atom is 0.275 e. The van der Waals surface area contributed by atoms with Gasteiger partial charge in [-0.05, 0) is 62.5 Å². The number of carbonyl (C=O) groups excluding carboxylic acids is 1. The molecule has 1 amide bonds. The lowest BCUT2D eigenvalue weighted by molar-refractivity contribution is 0.102. The summed E-state index contributed by atoms with van der Waals surface area (Å²) in [6.45, 7) is 1.30. The van der Waals surface area contributed by atoms with E-state index in [0.29, 0.717) is 23.1 Å². The lowest BCUT2D eigenvalue weighted by Gasteiger charge is -2.09. The number of rotatable bonds is 8. The molecule has 0 unspecified atom stereocenters. The molecular weight excluding hydrogens is 394 g/mol. The first kappa shape index (κ1) is 20.3. The van der Waals surface area contributed by atoms with Gasteiger partial charge in [0.1, 0.15) is 23.1 Å². The molecule has 2 aromatic carbocycles. The second kappa shape index (κ2) is 9.68. The quantitative estimate of drug-likeness (QED) is 0.577. The predicted molar refractivity (Wildman–Crippen MR) is 115 cm³/mol. The molecule has 0 aliphatic rings. The van der Waals surface area contributed by atoms with Crippen molar-refractivity contribution in [3.05, 3.63) is 75.2 Å². The number of likely N-dealkylation sites (N-methyl/N-ethyl adjacent to an activating group) is 1. The summed E-state index contributed by atoms with van der Waals surface area (Å²) in [5, 5.41) is 6.01. The zero-order chi connectivity index (χ0) is 19.9. The van der Waals surface area contributed by atoms with E-state index in [0.717, 1.165) is 23.7 Å². The van der Waals surface area contributed by atoms with Crippen LogP contribution in [0.25, 0.3) is 0 Å². The highest BCUT2D eigenvalue weighted by molar-refractivity contribution is 7.09. The topological polar surface area (TPSA) is 54.5 Å². The summed E-state index contributed by atoms with van der Waals surface area (Å²) in [4.78, 5) is 18.9. The molecule has 1 aromatic heterocycles. The van der Waals surface area contributed by atoms with Crippen LogP contribution in [0, 0.1) is 0 Å². The first-order chi connectivity index (χ1) is 13.5. The molecule has 3 aromatic rings. The van der Waals surface area contributed by atoms with E-state index in [2.05, 4.69) is 29.3 Å². The van der Waals surface area contributed by atoms with Crippen molar-refractivity contribution in [1.29, 1.82) is 0 Å². The van der Waals surface area contributed by atoms with Crippen LogP contribution < -0.4 is 10.1 Å². The Morgan fingerprint density at radius 2 is 1.86 bits per heavy atom. The van der Waals surface area contributed by atoms with Gasteiger partial charge in [0, 0.05) is 22.6 Å². The number of aromatic nitrogens is 1. The summed E-state index contributed by atoms with van der Waals surface area (Å²) in [6.07, 6.45) is 0.976. The zero-order valence-corrected chi connectivity index (χ0v) is 17.4. The van der Waals surface area contributed by atoms with E-state index < -0.39 is 0 Å². The molecule has 0 aliphatic carbocycles. The Bertz CT molecular complexity index is 908. The number of benzene rings is 2. The summed E-state index contributed by atoms with van der Waals surface area (Å²) in [6, 6.07) is 15.0. The van der Waals surface area contributed by atoms with Gasteiger partial charge in [-0.3, -0.25) is 4.79 Å². The van der Waals surface area contributed by atoms with Crippen molar-refractivity contribution >= 4 is 34.5 Å². The molecule has 0 fully saturated rings. The Hall–Kier alpha value is -2.41. The smallest absolute Gasteiger partial charge is 0.275 e. The van der Waals surface area contributed by atoms with Gasteiger partial charge in [-0.2, -0.15) is 0 Å². The van der Waals surface area contributed by atoms with Crippen LogP contribution in [0.1, 0.15) is 21.1 Å². The SMILES string of the molecule is CN(C)CCc1ccc(NC(=O)c2csc(COc3ccc(Cl)cc3)n2)cc1. The number of thiazole rings is 1. The van der Waals surface area contributed by atoms with Gasteiger partial charge < -0.3 is 15.0 Å². The Kier molecular flexibility index (Phi) is 7.03. The molecule has 0 radical (unpaired) electrons. The Morgan fingerprint density at radius 3 is 2.54 bits per heavy atom. The highest BCUT2D eigenvalue weighted by Crippen LogP contribution is 2.19. The Balaban J connectivity index is 1.52. The van der Waals surface area contributed by atoms with Gasteiger partial charge in [-0.15, -0.1) is 11.3 Å². The fourth-order valence-corrected chi connectivity index (χ4v) is 3.27. The fourth-order valence-electron chi connectivity index (χ4n) is 2.46. The van der Waals surface area contributed by atoms with Crippen molar-refractivity contribution < 1.29 is 9.53 Å². The van der Waals surface area contributed by atoms with E-state index >= 15 is 0 Å². The number of ether oxygens (including phenoxy) is 1. The molecule has 0 spiro atoms. The van der Waals surface area contributed by atoms with Crippen molar-refractivity contribution in [2.24, 2.45) is 0 Å². The van der Waals surface area contributed by atoms with Gasteiger partial charge in [0.15, 0.2) is 0 Å². The van der Waals surface area contributed by atoms with Crippen LogP contribution in [-0.4, -0.2) is 36.4 Å². The predicted octanol–water partition coefficient (Wildman–Crippen LogP) is 4.73. The molecule has 28 heavy (non-hydrogen) atoms. The van der Waals surface area contributed by atoms with E-state index in [-0.39, 0.29) is 5.91 Å². The van der Waals surface area contributed by atoms with Crippen molar-refractivity contribution in [2.45, 2.75) is 13.0 Å². The number of nitrogens with one attached hydrogen (secondary N) is 1. The number of anilines is 1. The molecule has 5 nitrogen and oxygen atoms in total. The second-order valence-electron chi connectivity index (χ2n) is 6.57. The number of halogens is 1. The number of hydrogen-bond acceptors (Lipinski definition) is 5. The van der Waals surface area contributed by atoms with Gasteiger partial charge in [0.25, 0.3) is 5.91 Å². The molecular formula is C21H22ClN3O2S.